The minimum Gasteiger partial charge on any atom is -0.476 e. The van der Waals surface area contributed by atoms with Gasteiger partial charge in [0.05, 0.1) is 11.4 Å². The largest absolute Gasteiger partial charge is 0.476 e. The molecule has 0 unspecified atom stereocenters. The van der Waals surface area contributed by atoms with Crippen LogP contribution >= 0.6 is 0 Å². The number of nitrogens with zero attached hydrogens (tertiary/aromatic N) is 2. The zero-order valence-corrected chi connectivity index (χ0v) is 14.2. The molecule has 0 fully saturated rings. The number of aryl methyl sites for hydroxylation is 3. The number of carboxylic acid groups (broad SMARTS) is 1. The zero-order chi connectivity index (χ0) is 17.4. The Labute approximate surface area is 146 Å². The Morgan fingerprint density at radius 1 is 1.00 bits per heavy atom. The highest BCUT2D eigenvalue weighted by atomic mass is 16.4. The van der Waals surface area contributed by atoms with Crippen LogP contribution < -0.4 is 0 Å². The van der Waals surface area contributed by atoms with Crippen molar-refractivity contribution in [3.63, 3.8) is 0 Å². The SMILES string of the molecule is Cc1ccc(-n2nc(C(=O)O)cc2-c2ccc3c(c2)CCCC3)cc1. The predicted octanol–water partition coefficient (Wildman–Crippen LogP) is 4.42. The molecule has 1 N–H and O–H groups in total. The molecule has 25 heavy (non-hydrogen) atoms. The lowest BCUT2D eigenvalue weighted by atomic mass is 9.90. The van der Waals surface area contributed by atoms with Gasteiger partial charge in [-0.3, -0.25) is 0 Å². The number of hydrogen-bond donors (Lipinski definition) is 1. The van der Waals surface area contributed by atoms with Crippen LogP contribution in [0.15, 0.2) is 48.5 Å². The van der Waals surface area contributed by atoms with Gasteiger partial charge < -0.3 is 5.11 Å². The predicted molar refractivity (Wildman–Crippen MR) is 97.3 cm³/mol. The second kappa shape index (κ2) is 6.20. The molecule has 0 atom stereocenters. The van der Waals surface area contributed by atoms with E-state index in [0.717, 1.165) is 35.3 Å². The van der Waals surface area contributed by atoms with Gasteiger partial charge in [0.25, 0.3) is 0 Å². The van der Waals surface area contributed by atoms with Crippen molar-refractivity contribution in [2.24, 2.45) is 0 Å². The van der Waals surface area contributed by atoms with Crippen LogP contribution in [0.5, 0.6) is 0 Å². The van der Waals surface area contributed by atoms with Crippen LogP contribution in [0.2, 0.25) is 0 Å². The van der Waals surface area contributed by atoms with E-state index in [9.17, 15) is 9.90 Å². The summed E-state index contributed by atoms with van der Waals surface area (Å²) in [7, 11) is 0. The second-order valence-corrected chi connectivity index (χ2v) is 6.66. The van der Waals surface area contributed by atoms with E-state index in [4.69, 9.17) is 0 Å². The van der Waals surface area contributed by atoms with Crippen molar-refractivity contribution in [2.45, 2.75) is 32.6 Å². The maximum Gasteiger partial charge on any atom is 0.356 e. The normalized spacial score (nSPS) is 13.5. The van der Waals surface area contributed by atoms with E-state index in [0.29, 0.717) is 0 Å². The Bertz CT molecular complexity index is 939. The third-order valence-corrected chi connectivity index (χ3v) is 4.85. The molecule has 0 saturated heterocycles. The highest BCUT2D eigenvalue weighted by molar-refractivity contribution is 5.87. The van der Waals surface area contributed by atoms with Gasteiger partial charge in [-0.25, -0.2) is 9.48 Å². The molecule has 1 aliphatic carbocycles. The molecule has 1 heterocycles. The van der Waals surface area contributed by atoms with E-state index in [1.807, 2.05) is 31.2 Å². The van der Waals surface area contributed by atoms with Crippen LogP contribution in [-0.4, -0.2) is 20.9 Å². The highest BCUT2D eigenvalue weighted by Crippen LogP contribution is 2.29. The highest BCUT2D eigenvalue weighted by Gasteiger charge is 2.17. The van der Waals surface area contributed by atoms with Crippen molar-refractivity contribution in [3.8, 4) is 16.9 Å². The van der Waals surface area contributed by atoms with E-state index in [1.54, 1.807) is 10.7 Å². The fourth-order valence-corrected chi connectivity index (χ4v) is 3.47. The molecule has 1 aliphatic rings. The van der Waals surface area contributed by atoms with Crippen molar-refractivity contribution in [1.29, 1.82) is 0 Å². The fraction of sp³-hybridized carbons (Fsp3) is 0.238. The summed E-state index contributed by atoms with van der Waals surface area (Å²) in [4.78, 5) is 11.4. The molecule has 0 amide bonds. The summed E-state index contributed by atoms with van der Waals surface area (Å²) < 4.78 is 1.73. The van der Waals surface area contributed by atoms with E-state index >= 15 is 0 Å². The number of rotatable bonds is 3. The van der Waals surface area contributed by atoms with Gasteiger partial charge in [-0.2, -0.15) is 5.10 Å². The first kappa shape index (κ1) is 15.6. The van der Waals surface area contributed by atoms with Crippen LogP contribution in [0, 0.1) is 6.92 Å². The van der Waals surface area contributed by atoms with Gasteiger partial charge in [0, 0.05) is 5.56 Å². The van der Waals surface area contributed by atoms with Gasteiger partial charge in [0.1, 0.15) is 0 Å². The molecular formula is C21H20N2O2. The van der Waals surface area contributed by atoms with Gasteiger partial charge in [-0.1, -0.05) is 29.8 Å². The number of aromatic nitrogens is 2. The fourth-order valence-electron chi connectivity index (χ4n) is 3.47. The Kier molecular flexibility index (Phi) is 3.88. The monoisotopic (exact) mass is 332 g/mol. The number of carbonyl (C=O) groups is 1. The van der Waals surface area contributed by atoms with Gasteiger partial charge in [-0.15, -0.1) is 0 Å². The minimum atomic E-state index is -1.01. The van der Waals surface area contributed by atoms with Gasteiger partial charge in [0.15, 0.2) is 5.69 Å². The Morgan fingerprint density at radius 3 is 2.44 bits per heavy atom. The molecule has 1 aromatic heterocycles. The van der Waals surface area contributed by atoms with E-state index in [1.165, 1.54) is 24.0 Å². The average Bonchev–Trinajstić information content (AvgIpc) is 3.07. The number of benzene rings is 2. The first-order chi connectivity index (χ1) is 12.1. The van der Waals surface area contributed by atoms with Crippen LogP contribution in [0.4, 0.5) is 0 Å². The lowest BCUT2D eigenvalue weighted by molar-refractivity contribution is 0.0690. The lowest BCUT2D eigenvalue weighted by Crippen LogP contribution is -2.04. The van der Waals surface area contributed by atoms with Crippen LogP contribution in [0.25, 0.3) is 16.9 Å². The quantitative estimate of drug-likeness (QED) is 0.772. The third-order valence-electron chi connectivity index (χ3n) is 4.85. The molecule has 0 spiro atoms. The maximum atomic E-state index is 11.4. The standard InChI is InChI=1S/C21H20N2O2/c1-14-6-10-18(11-7-14)23-20(13-19(22-23)21(24)25)17-9-8-15-4-2-3-5-16(15)12-17/h6-13H,2-5H2,1H3,(H,24,25). The van der Waals surface area contributed by atoms with Crippen molar-refractivity contribution in [1.82, 2.24) is 9.78 Å². The molecular weight excluding hydrogens is 312 g/mol. The summed E-state index contributed by atoms with van der Waals surface area (Å²) in [6.07, 6.45) is 4.69. The van der Waals surface area contributed by atoms with Crippen molar-refractivity contribution in [3.05, 3.63) is 70.9 Å². The summed E-state index contributed by atoms with van der Waals surface area (Å²) in [5, 5.41) is 13.7. The Morgan fingerprint density at radius 2 is 1.72 bits per heavy atom. The molecule has 4 nitrogen and oxygen atoms in total. The van der Waals surface area contributed by atoms with Gasteiger partial charge >= 0.3 is 5.97 Å². The molecule has 4 rings (SSSR count). The van der Waals surface area contributed by atoms with Crippen molar-refractivity contribution in [2.75, 3.05) is 0 Å². The molecule has 0 bridgehead atoms. The maximum absolute atomic E-state index is 11.4. The van der Waals surface area contributed by atoms with Gasteiger partial charge in [-0.05, 0) is 68.0 Å². The lowest BCUT2D eigenvalue weighted by Gasteiger charge is -2.17. The first-order valence-corrected chi connectivity index (χ1v) is 8.64. The van der Waals surface area contributed by atoms with Crippen molar-refractivity contribution < 1.29 is 9.90 Å². The molecule has 0 aliphatic heterocycles. The van der Waals surface area contributed by atoms with Crippen molar-refractivity contribution >= 4 is 5.97 Å². The summed E-state index contributed by atoms with van der Waals surface area (Å²) >= 11 is 0. The van der Waals surface area contributed by atoms with Crippen LogP contribution in [0.3, 0.4) is 0 Å². The molecule has 4 heteroatoms. The first-order valence-electron chi connectivity index (χ1n) is 8.64. The summed E-state index contributed by atoms with van der Waals surface area (Å²) in [5.74, 6) is -1.01. The van der Waals surface area contributed by atoms with Crippen LogP contribution in [-0.2, 0) is 12.8 Å². The molecule has 0 saturated carbocycles. The minimum absolute atomic E-state index is 0.0632. The number of aromatic carboxylic acids is 1. The number of fused-ring (bicyclic) bond motifs is 1. The van der Waals surface area contributed by atoms with E-state index < -0.39 is 5.97 Å². The Balaban J connectivity index is 1.85. The summed E-state index contributed by atoms with van der Waals surface area (Å²) in [6.45, 7) is 2.03. The molecule has 3 aromatic rings. The number of carboxylic acids is 1. The molecule has 126 valence electrons. The number of hydrogen-bond acceptors (Lipinski definition) is 2. The summed E-state index contributed by atoms with van der Waals surface area (Å²) in [5.41, 5.74) is 6.70. The van der Waals surface area contributed by atoms with E-state index in [-0.39, 0.29) is 5.69 Å². The molecule has 0 radical (unpaired) electrons. The average molecular weight is 332 g/mol. The summed E-state index contributed by atoms with van der Waals surface area (Å²) in [6, 6.07) is 16.1. The van der Waals surface area contributed by atoms with Gasteiger partial charge in [0.2, 0.25) is 0 Å². The Hall–Kier alpha value is -2.88. The zero-order valence-electron chi connectivity index (χ0n) is 14.2. The smallest absolute Gasteiger partial charge is 0.356 e. The third kappa shape index (κ3) is 2.95. The topological polar surface area (TPSA) is 55.1 Å². The van der Waals surface area contributed by atoms with E-state index in [2.05, 4.69) is 23.3 Å². The van der Waals surface area contributed by atoms with Crippen LogP contribution in [0.1, 0.15) is 40.0 Å². The molecule has 2 aromatic carbocycles. The second-order valence-electron chi connectivity index (χ2n) is 6.66.